The molecule has 29 heavy (non-hydrogen) atoms. The first-order valence-corrected chi connectivity index (χ1v) is 9.57. The summed E-state index contributed by atoms with van der Waals surface area (Å²) < 4.78 is 15.0. The lowest BCUT2D eigenvalue weighted by atomic mass is 9.84. The van der Waals surface area contributed by atoms with E-state index >= 15 is 0 Å². The van der Waals surface area contributed by atoms with Gasteiger partial charge in [-0.1, -0.05) is 26.3 Å². The van der Waals surface area contributed by atoms with Crippen LogP contribution in [0.25, 0.3) is 11.1 Å². The zero-order valence-electron chi connectivity index (χ0n) is 16.4. The van der Waals surface area contributed by atoms with Crippen molar-refractivity contribution in [2.24, 2.45) is 17.6 Å². The molecule has 1 aliphatic carbocycles. The van der Waals surface area contributed by atoms with Crippen LogP contribution in [0.15, 0.2) is 24.4 Å². The molecule has 0 radical (unpaired) electrons. The molecule has 0 atom stereocenters. The maximum Gasteiger partial charge on any atom is 0.230 e. The second-order valence-electron chi connectivity index (χ2n) is 7.77. The molecule has 0 bridgehead atoms. The van der Waals surface area contributed by atoms with Crippen molar-refractivity contribution in [2.45, 2.75) is 33.1 Å². The summed E-state index contributed by atoms with van der Waals surface area (Å²) >= 11 is 0. The number of hydrogen-bond donors (Lipinski definition) is 4. The molecule has 0 saturated heterocycles. The molecule has 1 aromatic carbocycles. The Bertz CT molecular complexity index is 940. The van der Waals surface area contributed by atoms with Crippen molar-refractivity contribution in [2.75, 3.05) is 11.4 Å². The van der Waals surface area contributed by atoms with Crippen LogP contribution >= 0.6 is 0 Å². The van der Waals surface area contributed by atoms with Gasteiger partial charge in [0, 0.05) is 30.3 Å². The number of amidine groups is 1. The molecule has 1 fully saturated rings. The van der Waals surface area contributed by atoms with Gasteiger partial charge in [0.15, 0.2) is 11.5 Å². The van der Waals surface area contributed by atoms with Crippen LogP contribution in [-0.2, 0) is 4.79 Å². The van der Waals surface area contributed by atoms with Gasteiger partial charge in [-0.3, -0.25) is 15.2 Å². The van der Waals surface area contributed by atoms with Gasteiger partial charge < -0.3 is 20.8 Å². The Hall–Kier alpha value is -3.16. The highest BCUT2D eigenvalue weighted by atomic mass is 19.1. The van der Waals surface area contributed by atoms with Crippen molar-refractivity contribution in [3.8, 4) is 22.6 Å². The van der Waals surface area contributed by atoms with E-state index in [1.54, 1.807) is 0 Å². The monoisotopic (exact) mass is 400 g/mol. The SMILES string of the molecule is CC(C)CN(C(=O)C1CCC1)c1cc(F)c(-c2ccc(C(=N)N)nc2)c(O)c1O. The van der Waals surface area contributed by atoms with Crippen molar-refractivity contribution in [3.05, 3.63) is 35.9 Å². The number of pyridine rings is 1. The fourth-order valence-corrected chi connectivity index (χ4v) is 3.34. The predicted molar refractivity (Wildman–Crippen MR) is 109 cm³/mol. The van der Waals surface area contributed by atoms with Crippen molar-refractivity contribution >= 4 is 17.4 Å². The maximum absolute atomic E-state index is 15.0. The molecule has 3 rings (SSSR count). The molecular formula is C21H25FN4O3. The Balaban J connectivity index is 2.04. The van der Waals surface area contributed by atoms with E-state index in [-0.39, 0.29) is 46.1 Å². The number of carbonyl (C=O) groups is 1. The molecule has 2 aromatic rings. The zero-order chi connectivity index (χ0) is 21.3. The zero-order valence-corrected chi connectivity index (χ0v) is 16.4. The van der Waals surface area contributed by atoms with Crippen LogP contribution in [-0.4, -0.2) is 33.5 Å². The molecule has 1 heterocycles. The summed E-state index contributed by atoms with van der Waals surface area (Å²) in [5.41, 5.74) is 5.53. The highest BCUT2D eigenvalue weighted by molar-refractivity contribution is 5.98. The van der Waals surface area contributed by atoms with Crippen molar-refractivity contribution in [1.29, 1.82) is 5.41 Å². The third kappa shape index (κ3) is 4.01. The Labute approximate surface area is 168 Å². The van der Waals surface area contributed by atoms with E-state index in [2.05, 4.69) is 4.98 Å². The standard InChI is InChI=1S/C21H25FN4O3/c1-11(2)10-26(21(29)12-4-3-5-12)16-8-14(22)17(19(28)18(16)27)13-6-7-15(20(23)24)25-9-13/h6-9,11-12,27-28H,3-5,10H2,1-2H3,(H3,23,24). The van der Waals surface area contributed by atoms with Gasteiger partial charge >= 0.3 is 0 Å². The summed E-state index contributed by atoms with van der Waals surface area (Å²) in [7, 11) is 0. The number of aromatic hydroxyl groups is 2. The largest absolute Gasteiger partial charge is 0.504 e. The summed E-state index contributed by atoms with van der Waals surface area (Å²) in [4.78, 5) is 18.2. The number of nitrogen functional groups attached to an aromatic ring is 1. The molecular weight excluding hydrogens is 375 g/mol. The van der Waals surface area contributed by atoms with Crippen LogP contribution < -0.4 is 10.6 Å². The topological polar surface area (TPSA) is 124 Å². The Kier molecular flexibility index (Phi) is 5.72. The van der Waals surface area contributed by atoms with Gasteiger partial charge in [-0.25, -0.2) is 4.39 Å². The van der Waals surface area contributed by atoms with E-state index < -0.39 is 17.3 Å². The van der Waals surface area contributed by atoms with Gasteiger partial charge in [0.2, 0.25) is 5.91 Å². The number of halogens is 1. The smallest absolute Gasteiger partial charge is 0.230 e. The fraction of sp³-hybridized carbons (Fsp3) is 0.381. The maximum atomic E-state index is 15.0. The number of carbonyl (C=O) groups excluding carboxylic acids is 1. The predicted octanol–water partition coefficient (Wildman–Crippen LogP) is 3.37. The Morgan fingerprint density at radius 2 is 2.03 bits per heavy atom. The van der Waals surface area contributed by atoms with E-state index in [4.69, 9.17) is 11.1 Å². The quantitative estimate of drug-likeness (QED) is 0.336. The van der Waals surface area contributed by atoms with Gasteiger partial charge in [0.25, 0.3) is 0 Å². The minimum absolute atomic E-state index is 0.0392. The number of anilines is 1. The van der Waals surface area contributed by atoms with Crippen molar-refractivity contribution in [1.82, 2.24) is 4.98 Å². The minimum Gasteiger partial charge on any atom is -0.504 e. The number of phenols is 2. The summed E-state index contributed by atoms with van der Waals surface area (Å²) in [6.45, 7) is 4.14. The summed E-state index contributed by atoms with van der Waals surface area (Å²) in [6, 6.07) is 3.95. The van der Waals surface area contributed by atoms with Gasteiger partial charge in [0.1, 0.15) is 17.3 Å². The Morgan fingerprint density at radius 3 is 2.52 bits per heavy atom. The number of nitrogens with zero attached hydrogens (tertiary/aromatic N) is 2. The number of benzene rings is 1. The summed E-state index contributed by atoms with van der Waals surface area (Å²) in [5.74, 6) is -2.45. The van der Waals surface area contributed by atoms with Crippen LogP contribution in [0, 0.1) is 23.1 Å². The van der Waals surface area contributed by atoms with Gasteiger partial charge in [-0.05, 0) is 24.8 Å². The van der Waals surface area contributed by atoms with Crippen LogP contribution in [0.1, 0.15) is 38.8 Å². The normalized spacial score (nSPS) is 13.9. The van der Waals surface area contributed by atoms with Gasteiger partial charge in [-0.2, -0.15) is 0 Å². The number of hydrogen-bond acceptors (Lipinski definition) is 5. The molecule has 7 nitrogen and oxygen atoms in total. The number of rotatable bonds is 6. The summed E-state index contributed by atoms with van der Waals surface area (Å²) in [6.07, 6.45) is 3.78. The van der Waals surface area contributed by atoms with Crippen molar-refractivity contribution < 1.29 is 19.4 Å². The number of nitrogens with two attached hydrogens (primary N) is 1. The lowest BCUT2D eigenvalue weighted by molar-refractivity contribution is -0.124. The van der Waals surface area contributed by atoms with Gasteiger partial charge in [-0.15, -0.1) is 0 Å². The number of aromatic nitrogens is 1. The first kappa shape index (κ1) is 20.6. The van der Waals surface area contributed by atoms with E-state index in [0.29, 0.717) is 6.54 Å². The third-order valence-electron chi connectivity index (χ3n) is 5.09. The molecule has 1 amide bonds. The lowest BCUT2D eigenvalue weighted by Crippen LogP contribution is -2.41. The average Bonchev–Trinajstić information content (AvgIpc) is 2.61. The van der Waals surface area contributed by atoms with Crippen LogP contribution in [0.5, 0.6) is 11.5 Å². The van der Waals surface area contributed by atoms with Gasteiger partial charge in [0.05, 0.1) is 11.3 Å². The molecule has 1 aliphatic rings. The van der Waals surface area contributed by atoms with E-state index in [0.717, 1.165) is 25.3 Å². The lowest BCUT2D eigenvalue weighted by Gasteiger charge is -2.33. The molecule has 0 spiro atoms. The molecule has 0 unspecified atom stereocenters. The van der Waals surface area contributed by atoms with Crippen molar-refractivity contribution in [3.63, 3.8) is 0 Å². The first-order chi connectivity index (χ1) is 13.7. The first-order valence-electron chi connectivity index (χ1n) is 9.57. The number of nitrogens with one attached hydrogen (secondary N) is 1. The molecule has 0 aliphatic heterocycles. The molecule has 1 saturated carbocycles. The van der Waals surface area contributed by atoms with Crippen LogP contribution in [0.3, 0.4) is 0 Å². The van der Waals surface area contributed by atoms with E-state index in [1.807, 2.05) is 13.8 Å². The fourth-order valence-electron chi connectivity index (χ4n) is 3.34. The highest BCUT2D eigenvalue weighted by Crippen LogP contribution is 2.46. The number of phenolic OH excluding ortho intramolecular Hbond substituents is 2. The molecule has 5 N–H and O–H groups in total. The van der Waals surface area contributed by atoms with Crippen LogP contribution in [0.2, 0.25) is 0 Å². The Morgan fingerprint density at radius 1 is 1.34 bits per heavy atom. The average molecular weight is 400 g/mol. The molecule has 154 valence electrons. The second-order valence-corrected chi connectivity index (χ2v) is 7.77. The molecule has 8 heteroatoms. The van der Waals surface area contributed by atoms with E-state index in [1.165, 1.54) is 23.2 Å². The van der Waals surface area contributed by atoms with E-state index in [9.17, 15) is 19.4 Å². The summed E-state index contributed by atoms with van der Waals surface area (Å²) in [5, 5.41) is 28.5. The van der Waals surface area contributed by atoms with Crippen LogP contribution in [0.4, 0.5) is 10.1 Å². The second kappa shape index (κ2) is 8.06. The number of amides is 1. The third-order valence-corrected chi connectivity index (χ3v) is 5.09. The molecule has 1 aromatic heterocycles. The highest BCUT2D eigenvalue weighted by Gasteiger charge is 2.33. The minimum atomic E-state index is -0.789.